The fourth-order valence-electron chi connectivity index (χ4n) is 5.69. The van der Waals surface area contributed by atoms with Gasteiger partial charge in [0.1, 0.15) is 11.9 Å². The van der Waals surface area contributed by atoms with Gasteiger partial charge in [0.15, 0.2) is 5.82 Å². The van der Waals surface area contributed by atoms with E-state index in [1.165, 1.54) is 19.4 Å². The van der Waals surface area contributed by atoms with Crippen molar-refractivity contribution in [2.45, 2.75) is 45.1 Å². The van der Waals surface area contributed by atoms with Crippen LogP contribution in [0.25, 0.3) is 16.7 Å². The van der Waals surface area contributed by atoms with E-state index < -0.39 is 29.7 Å². The van der Waals surface area contributed by atoms with E-state index >= 15 is 0 Å². The van der Waals surface area contributed by atoms with Crippen molar-refractivity contribution in [3.63, 3.8) is 0 Å². The number of nitrogens with zero attached hydrogens (tertiary/aromatic N) is 2. The third kappa shape index (κ3) is 6.37. The third-order valence-corrected chi connectivity index (χ3v) is 8.37. The summed E-state index contributed by atoms with van der Waals surface area (Å²) in [7, 11) is 1.25. The predicted octanol–water partition coefficient (Wildman–Crippen LogP) is 6.49. The summed E-state index contributed by atoms with van der Waals surface area (Å²) in [5.41, 5.74) is 2.44. The van der Waals surface area contributed by atoms with Gasteiger partial charge in [-0.3, -0.25) is 20.1 Å². The van der Waals surface area contributed by atoms with Crippen LogP contribution in [-0.2, 0) is 14.3 Å². The number of rotatable bonds is 3. The van der Waals surface area contributed by atoms with Crippen LogP contribution >= 0.6 is 11.6 Å². The average Bonchev–Trinajstić information content (AvgIpc) is 3.00. The van der Waals surface area contributed by atoms with Gasteiger partial charge in [0.05, 0.1) is 23.4 Å². The molecule has 1 aromatic heterocycles. The molecule has 2 aliphatic rings. The van der Waals surface area contributed by atoms with Gasteiger partial charge in [0.25, 0.3) is 5.69 Å². The number of aromatic nitrogens is 1. The van der Waals surface area contributed by atoms with Gasteiger partial charge in [-0.25, -0.2) is 13.6 Å². The Bertz CT molecular complexity index is 1660. The predicted molar refractivity (Wildman–Crippen MR) is 160 cm³/mol. The van der Waals surface area contributed by atoms with E-state index in [-0.39, 0.29) is 40.9 Å². The molecular weight excluding hydrogens is 594 g/mol. The molecule has 0 aliphatic carbocycles. The van der Waals surface area contributed by atoms with E-state index in [0.29, 0.717) is 53.9 Å². The van der Waals surface area contributed by atoms with Gasteiger partial charge in [-0.2, -0.15) is 0 Å². The van der Waals surface area contributed by atoms with Crippen molar-refractivity contribution in [3.8, 4) is 11.1 Å². The number of carbonyl (C=O) groups is 3. The molecule has 2 unspecified atom stereocenters. The van der Waals surface area contributed by atoms with Crippen molar-refractivity contribution < 1.29 is 37.8 Å². The first-order chi connectivity index (χ1) is 21.1. The molecule has 2 bridgehead atoms. The van der Waals surface area contributed by atoms with Crippen LogP contribution in [0.15, 0.2) is 54.7 Å². The molecule has 3 amide bonds. The Hall–Kier alpha value is -4.51. The SMILES string of the molecule is COC(=O)Nc1ccc2c(c1)NC(=O)C(C)CCCCC(N1CCC(c3c(F)ccc(Cl)c3F)=CC1=O)c1cc-2cc[n+]1O. The van der Waals surface area contributed by atoms with Gasteiger partial charge in [-0.1, -0.05) is 37.4 Å². The molecular formula is C32H32ClF2N4O5+. The Morgan fingerprint density at radius 3 is 2.66 bits per heavy atom. The highest BCUT2D eigenvalue weighted by molar-refractivity contribution is 6.31. The van der Waals surface area contributed by atoms with Gasteiger partial charge in [-0.15, -0.1) is 0 Å². The van der Waals surface area contributed by atoms with Crippen molar-refractivity contribution in [3.05, 3.63) is 82.7 Å². The fourth-order valence-corrected chi connectivity index (χ4v) is 5.85. The van der Waals surface area contributed by atoms with Crippen molar-refractivity contribution in [2.75, 3.05) is 24.3 Å². The summed E-state index contributed by atoms with van der Waals surface area (Å²) >= 11 is 5.89. The third-order valence-electron chi connectivity index (χ3n) is 8.08. The highest BCUT2D eigenvalue weighted by Crippen LogP contribution is 2.37. The molecule has 5 rings (SSSR count). The van der Waals surface area contributed by atoms with Crippen molar-refractivity contribution in [2.24, 2.45) is 5.92 Å². The number of hydrogen-bond acceptors (Lipinski definition) is 5. The molecule has 0 spiro atoms. The van der Waals surface area contributed by atoms with Crippen molar-refractivity contribution >= 4 is 46.5 Å². The second-order valence-corrected chi connectivity index (χ2v) is 11.3. The highest BCUT2D eigenvalue weighted by Gasteiger charge is 2.35. The summed E-state index contributed by atoms with van der Waals surface area (Å²) in [6, 6.07) is 10.1. The minimum absolute atomic E-state index is 0.153. The smallest absolute Gasteiger partial charge is 0.411 e. The Balaban J connectivity index is 1.55. The van der Waals surface area contributed by atoms with E-state index in [9.17, 15) is 28.4 Å². The molecule has 0 radical (unpaired) electrons. The number of pyridine rings is 1. The minimum atomic E-state index is -0.914. The minimum Gasteiger partial charge on any atom is -0.453 e. The summed E-state index contributed by atoms with van der Waals surface area (Å²) in [6.07, 6.45) is 4.57. The first-order valence-corrected chi connectivity index (χ1v) is 14.6. The van der Waals surface area contributed by atoms with E-state index in [1.54, 1.807) is 35.2 Å². The summed E-state index contributed by atoms with van der Waals surface area (Å²) in [4.78, 5) is 40.1. The standard InChI is InChI=1S/C32H31ClF2N4O5/c1-18-5-3-4-6-26(38-13-11-20(16-28(38)40)29-24(34)10-9-23(33)30(29)35)27-15-19(12-14-39(27)43)22-8-7-21(36-32(42)44-2)17-25(22)37-31(18)41/h7-10,12,14-18,26,43H,3-6,11,13H2,1-2H3,(H,36,37,41,42)/p+1. The molecule has 230 valence electrons. The molecule has 2 aliphatic heterocycles. The summed E-state index contributed by atoms with van der Waals surface area (Å²) < 4.78 is 35.0. The number of amides is 3. The van der Waals surface area contributed by atoms with Crippen LogP contribution in [0.3, 0.4) is 0 Å². The average molecular weight is 626 g/mol. The van der Waals surface area contributed by atoms with E-state index in [0.717, 1.165) is 16.9 Å². The van der Waals surface area contributed by atoms with Crippen LogP contribution in [0.4, 0.5) is 25.0 Å². The molecule has 3 aromatic rings. The zero-order chi connectivity index (χ0) is 31.5. The van der Waals surface area contributed by atoms with Gasteiger partial charge in [0.2, 0.25) is 18.0 Å². The number of halogens is 3. The number of carbonyl (C=O) groups excluding carboxylic acids is 3. The Morgan fingerprint density at radius 2 is 1.91 bits per heavy atom. The Labute approximate surface area is 258 Å². The van der Waals surface area contributed by atoms with Crippen LogP contribution in [0, 0.1) is 17.6 Å². The molecule has 0 fully saturated rings. The van der Waals surface area contributed by atoms with E-state index in [4.69, 9.17) is 16.3 Å². The topological polar surface area (TPSA) is 112 Å². The fraction of sp³-hybridized carbons (Fsp3) is 0.312. The number of benzene rings is 2. The first-order valence-electron chi connectivity index (χ1n) is 14.3. The monoisotopic (exact) mass is 625 g/mol. The largest absolute Gasteiger partial charge is 0.453 e. The van der Waals surface area contributed by atoms with Crippen LogP contribution in [0.5, 0.6) is 0 Å². The van der Waals surface area contributed by atoms with Crippen molar-refractivity contribution in [1.29, 1.82) is 0 Å². The molecule has 3 N–H and O–H groups in total. The Morgan fingerprint density at radius 1 is 1.14 bits per heavy atom. The summed E-state index contributed by atoms with van der Waals surface area (Å²) in [5, 5.41) is 16.3. The lowest BCUT2D eigenvalue weighted by atomic mass is 9.94. The Kier molecular flexibility index (Phi) is 9.14. The second kappa shape index (κ2) is 13.0. The number of nitrogens with one attached hydrogen (secondary N) is 2. The molecule has 0 saturated heterocycles. The normalized spacial score (nSPS) is 19.0. The van der Waals surface area contributed by atoms with E-state index in [2.05, 4.69) is 10.6 Å². The van der Waals surface area contributed by atoms with Gasteiger partial charge in [0, 0.05) is 46.7 Å². The lowest BCUT2D eigenvalue weighted by molar-refractivity contribution is -0.910. The van der Waals surface area contributed by atoms with E-state index in [1.807, 2.05) is 6.92 Å². The zero-order valence-corrected chi connectivity index (χ0v) is 25.0. The maximum Gasteiger partial charge on any atom is 0.411 e. The summed E-state index contributed by atoms with van der Waals surface area (Å²) in [5.74, 6) is -2.68. The second-order valence-electron chi connectivity index (χ2n) is 10.9. The lowest BCUT2D eigenvalue weighted by Gasteiger charge is -2.32. The summed E-state index contributed by atoms with van der Waals surface area (Å²) in [6.45, 7) is 1.99. The molecule has 2 aromatic carbocycles. The first kappa shape index (κ1) is 30.9. The number of hydrogen-bond donors (Lipinski definition) is 3. The number of fused-ring (bicyclic) bond motifs is 4. The van der Waals surface area contributed by atoms with Crippen LogP contribution < -0.4 is 15.4 Å². The molecule has 0 saturated carbocycles. The highest BCUT2D eigenvalue weighted by atomic mass is 35.5. The number of ether oxygens (including phenoxy) is 1. The van der Waals surface area contributed by atoms with Crippen LogP contribution in [0.2, 0.25) is 5.02 Å². The molecule has 3 heterocycles. The zero-order valence-electron chi connectivity index (χ0n) is 24.2. The number of anilines is 2. The number of methoxy groups -OCH3 is 1. The molecule has 9 nitrogen and oxygen atoms in total. The van der Waals surface area contributed by atoms with Crippen LogP contribution in [0.1, 0.15) is 56.3 Å². The maximum absolute atomic E-state index is 14.8. The molecule has 44 heavy (non-hydrogen) atoms. The maximum atomic E-state index is 14.8. The van der Waals surface area contributed by atoms with Gasteiger partial charge < -0.3 is 15.0 Å². The molecule has 2 atom stereocenters. The van der Waals surface area contributed by atoms with Crippen molar-refractivity contribution in [1.82, 2.24) is 4.90 Å². The lowest BCUT2D eigenvalue weighted by Crippen LogP contribution is -2.44. The van der Waals surface area contributed by atoms with Gasteiger partial charge in [-0.05, 0) is 54.7 Å². The van der Waals surface area contributed by atoms with Crippen LogP contribution in [-0.4, -0.2) is 41.7 Å². The molecule has 12 heteroatoms. The van der Waals surface area contributed by atoms with Gasteiger partial charge >= 0.3 is 6.09 Å². The quantitative estimate of drug-likeness (QED) is 0.175.